The van der Waals surface area contributed by atoms with Crippen molar-refractivity contribution in [2.45, 2.75) is 38.8 Å². The first-order valence-corrected chi connectivity index (χ1v) is 7.86. The van der Waals surface area contributed by atoms with Gasteiger partial charge in [0.05, 0.1) is 12.0 Å². The van der Waals surface area contributed by atoms with Crippen LogP contribution in [-0.2, 0) is 4.79 Å². The van der Waals surface area contributed by atoms with Crippen molar-refractivity contribution in [1.82, 2.24) is 4.90 Å². The molecule has 0 saturated carbocycles. The molecule has 1 aromatic rings. The van der Waals surface area contributed by atoms with Gasteiger partial charge in [-0.25, -0.2) is 0 Å². The number of aliphatic hydroxyl groups excluding tert-OH is 1. The Balaban J connectivity index is 1.75. The van der Waals surface area contributed by atoms with Crippen molar-refractivity contribution in [1.29, 1.82) is 0 Å². The monoisotopic (exact) mass is 305 g/mol. The summed E-state index contributed by atoms with van der Waals surface area (Å²) in [5, 5.41) is 19.8. The predicted molar refractivity (Wildman–Crippen MR) is 82.1 cm³/mol. The van der Waals surface area contributed by atoms with E-state index in [2.05, 4.69) is 4.90 Å². The van der Waals surface area contributed by atoms with E-state index < -0.39 is 12.1 Å². The van der Waals surface area contributed by atoms with Crippen LogP contribution in [0.25, 0.3) is 0 Å². The molecule has 1 aromatic carbocycles. The number of fused-ring (bicyclic) bond motifs is 1. The Hall–Kier alpha value is -1.59. The van der Waals surface area contributed by atoms with Crippen molar-refractivity contribution in [2.75, 3.05) is 19.7 Å². The van der Waals surface area contributed by atoms with Crippen LogP contribution in [0.3, 0.4) is 0 Å². The molecule has 120 valence electrons. The van der Waals surface area contributed by atoms with Gasteiger partial charge in [-0.3, -0.25) is 9.69 Å². The van der Waals surface area contributed by atoms with E-state index in [1.54, 1.807) is 0 Å². The van der Waals surface area contributed by atoms with Gasteiger partial charge in [0.15, 0.2) is 0 Å². The summed E-state index contributed by atoms with van der Waals surface area (Å²) in [7, 11) is 0. The van der Waals surface area contributed by atoms with Gasteiger partial charge in [0.2, 0.25) is 0 Å². The maximum Gasteiger partial charge on any atom is 0.306 e. The number of piperidine rings is 1. The van der Waals surface area contributed by atoms with Gasteiger partial charge in [0.1, 0.15) is 18.5 Å². The number of rotatable bonds is 2. The van der Waals surface area contributed by atoms with E-state index in [1.807, 2.05) is 26.0 Å². The Labute approximate surface area is 130 Å². The van der Waals surface area contributed by atoms with E-state index in [0.29, 0.717) is 32.5 Å². The average Bonchev–Trinajstić information content (AvgIpc) is 2.50. The predicted octanol–water partition coefficient (Wildman–Crippen LogP) is 1.89. The third kappa shape index (κ3) is 2.71. The van der Waals surface area contributed by atoms with Crippen LogP contribution in [0.2, 0.25) is 0 Å². The van der Waals surface area contributed by atoms with Crippen LogP contribution < -0.4 is 4.74 Å². The highest BCUT2D eigenvalue weighted by molar-refractivity contribution is 5.70. The summed E-state index contributed by atoms with van der Waals surface area (Å²) < 4.78 is 5.85. The topological polar surface area (TPSA) is 70.0 Å². The Kier molecular flexibility index (Phi) is 4.10. The number of carboxylic acids is 1. The second-order valence-electron chi connectivity index (χ2n) is 6.45. The van der Waals surface area contributed by atoms with Crippen LogP contribution in [0.5, 0.6) is 5.75 Å². The summed E-state index contributed by atoms with van der Waals surface area (Å²) in [5.41, 5.74) is 3.15. The van der Waals surface area contributed by atoms with Gasteiger partial charge in [0.25, 0.3) is 0 Å². The zero-order valence-electron chi connectivity index (χ0n) is 13.1. The fourth-order valence-corrected chi connectivity index (χ4v) is 3.42. The van der Waals surface area contributed by atoms with Gasteiger partial charge in [-0.15, -0.1) is 0 Å². The first-order chi connectivity index (χ1) is 10.5. The molecule has 2 unspecified atom stereocenters. The number of aryl methyl sites for hydroxylation is 2. The quantitative estimate of drug-likeness (QED) is 0.873. The molecule has 2 N–H and O–H groups in total. The molecule has 5 nitrogen and oxygen atoms in total. The van der Waals surface area contributed by atoms with Crippen LogP contribution in [-0.4, -0.2) is 46.8 Å². The minimum Gasteiger partial charge on any atom is -0.491 e. The summed E-state index contributed by atoms with van der Waals surface area (Å²) in [5.74, 6) is -0.195. The second kappa shape index (κ2) is 5.89. The highest BCUT2D eigenvalue weighted by Gasteiger charge is 2.36. The Morgan fingerprint density at radius 3 is 2.50 bits per heavy atom. The molecule has 1 saturated heterocycles. The molecule has 5 heteroatoms. The van der Waals surface area contributed by atoms with Crippen molar-refractivity contribution in [2.24, 2.45) is 5.92 Å². The summed E-state index contributed by atoms with van der Waals surface area (Å²) in [6.07, 6.45) is 0.695. The molecule has 0 aromatic heterocycles. The van der Waals surface area contributed by atoms with Gasteiger partial charge in [0, 0.05) is 5.56 Å². The molecule has 2 aliphatic rings. The lowest BCUT2D eigenvalue weighted by Gasteiger charge is -2.41. The van der Waals surface area contributed by atoms with Crippen molar-refractivity contribution in [3.63, 3.8) is 0 Å². The molecular weight excluding hydrogens is 282 g/mol. The van der Waals surface area contributed by atoms with E-state index in [1.165, 1.54) is 0 Å². The summed E-state index contributed by atoms with van der Waals surface area (Å²) >= 11 is 0. The molecular formula is C17H23NO4. The zero-order valence-corrected chi connectivity index (χ0v) is 13.1. The van der Waals surface area contributed by atoms with Gasteiger partial charge in [-0.2, -0.15) is 0 Å². The number of hydrogen-bond acceptors (Lipinski definition) is 4. The van der Waals surface area contributed by atoms with Crippen molar-refractivity contribution in [3.8, 4) is 5.75 Å². The molecule has 0 amide bonds. The molecule has 1 fully saturated rings. The fraction of sp³-hybridized carbons (Fsp3) is 0.588. The minimum absolute atomic E-state index is 0.0932. The first kappa shape index (κ1) is 15.3. The van der Waals surface area contributed by atoms with Gasteiger partial charge in [-0.1, -0.05) is 0 Å². The molecule has 2 aliphatic heterocycles. The third-order valence-electron chi connectivity index (χ3n) is 5.07. The third-order valence-corrected chi connectivity index (χ3v) is 5.07. The maximum absolute atomic E-state index is 11.0. The van der Waals surface area contributed by atoms with E-state index in [4.69, 9.17) is 9.84 Å². The lowest BCUT2D eigenvalue weighted by molar-refractivity contribution is -0.143. The van der Waals surface area contributed by atoms with Gasteiger partial charge in [-0.05, 0) is 63.0 Å². The number of carboxylic acid groups (broad SMARTS) is 1. The SMILES string of the molecule is Cc1cc2c(cc1C)C(O)C(N1CCC(C(=O)O)CC1)CO2. The number of benzene rings is 1. The summed E-state index contributed by atoms with van der Waals surface area (Å²) in [6.45, 7) is 5.91. The standard InChI is InChI=1S/C17H23NO4/c1-10-7-13-15(8-11(10)2)22-9-14(16(13)19)18-5-3-12(4-6-18)17(20)21/h7-8,12,14,16,19H,3-6,9H2,1-2H3,(H,20,21). The highest BCUT2D eigenvalue weighted by atomic mass is 16.5. The number of carbonyl (C=O) groups is 1. The molecule has 0 bridgehead atoms. The highest BCUT2D eigenvalue weighted by Crippen LogP contribution is 2.37. The molecule has 22 heavy (non-hydrogen) atoms. The second-order valence-corrected chi connectivity index (χ2v) is 6.45. The number of nitrogens with zero attached hydrogens (tertiary/aromatic N) is 1. The Bertz CT molecular complexity index is 578. The smallest absolute Gasteiger partial charge is 0.306 e. The molecule has 3 rings (SSSR count). The summed E-state index contributed by atoms with van der Waals surface area (Å²) in [6, 6.07) is 3.90. The van der Waals surface area contributed by atoms with E-state index in [9.17, 15) is 9.90 Å². The van der Waals surface area contributed by atoms with Crippen LogP contribution in [0.15, 0.2) is 12.1 Å². The van der Waals surface area contributed by atoms with E-state index in [0.717, 1.165) is 22.4 Å². The average molecular weight is 305 g/mol. The number of aliphatic carboxylic acids is 1. The number of likely N-dealkylation sites (tertiary alicyclic amines) is 1. The first-order valence-electron chi connectivity index (χ1n) is 7.86. The Morgan fingerprint density at radius 1 is 1.23 bits per heavy atom. The normalized spacial score (nSPS) is 26.3. The summed E-state index contributed by atoms with van der Waals surface area (Å²) in [4.78, 5) is 13.2. The maximum atomic E-state index is 11.0. The Morgan fingerprint density at radius 2 is 1.86 bits per heavy atom. The van der Waals surface area contributed by atoms with Crippen LogP contribution in [0.1, 0.15) is 35.6 Å². The van der Waals surface area contributed by atoms with Crippen LogP contribution in [0, 0.1) is 19.8 Å². The van der Waals surface area contributed by atoms with E-state index >= 15 is 0 Å². The molecule has 0 radical (unpaired) electrons. The number of ether oxygens (including phenoxy) is 1. The number of aliphatic hydroxyl groups is 1. The minimum atomic E-state index is -0.712. The largest absolute Gasteiger partial charge is 0.491 e. The lowest BCUT2D eigenvalue weighted by Crippen LogP contribution is -2.49. The number of hydrogen-bond donors (Lipinski definition) is 2. The fourth-order valence-electron chi connectivity index (χ4n) is 3.42. The van der Waals surface area contributed by atoms with Crippen LogP contribution >= 0.6 is 0 Å². The van der Waals surface area contributed by atoms with Gasteiger partial charge >= 0.3 is 5.97 Å². The molecule has 0 spiro atoms. The van der Waals surface area contributed by atoms with Crippen molar-refractivity contribution < 1.29 is 19.7 Å². The lowest BCUT2D eigenvalue weighted by atomic mass is 9.91. The van der Waals surface area contributed by atoms with Crippen molar-refractivity contribution in [3.05, 3.63) is 28.8 Å². The van der Waals surface area contributed by atoms with Gasteiger partial charge < -0.3 is 14.9 Å². The van der Waals surface area contributed by atoms with E-state index in [-0.39, 0.29) is 12.0 Å². The van der Waals surface area contributed by atoms with Crippen molar-refractivity contribution >= 4 is 5.97 Å². The zero-order chi connectivity index (χ0) is 15.9. The molecule has 2 heterocycles. The van der Waals surface area contributed by atoms with Crippen LogP contribution in [0.4, 0.5) is 0 Å². The molecule has 2 atom stereocenters. The molecule has 0 aliphatic carbocycles.